The van der Waals surface area contributed by atoms with Gasteiger partial charge < -0.3 is 9.84 Å². The highest BCUT2D eigenvalue weighted by Gasteiger charge is 2.23. The molecule has 1 heterocycles. The van der Waals surface area contributed by atoms with Gasteiger partial charge in [-0.1, -0.05) is 90.4 Å². The molecule has 0 aliphatic rings. The Morgan fingerprint density at radius 2 is 1.68 bits per heavy atom. The second-order valence-electron chi connectivity index (χ2n) is 10.5. The number of halogens is 1. The Labute approximate surface area is 243 Å². The quantitative estimate of drug-likeness (QED) is 0.178. The van der Waals surface area contributed by atoms with Gasteiger partial charge in [-0.25, -0.2) is 0 Å². The number of nitrogens with one attached hydrogen (secondary N) is 1. The van der Waals surface area contributed by atoms with E-state index in [4.69, 9.17) is 9.08 Å². The number of amides is 1. The van der Waals surface area contributed by atoms with Crippen molar-refractivity contribution < 1.29 is 22.3 Å². The van der Waals surface area contributed by atoms with Crippen molar-refractivity contribution in [1.82, 2.24) is 10.5 Å². The topological polar surface area (TPSA) is 110 Å². The Morgan fingerprint density at radius 3 is 2.27 bits per heavy atom. The van der Waals surface area contributed by atoms with Crippen molar-refractivity contribution >= 4 is 32.0 Å². The van der Waals surface area contributed by atoms with Crippen LogP contribution in [0.5, 0.6) is 0 Å². The van der Waals surface area contributed by atoms with Crippen LogP contribution < -0.4 is 5.32 Å². The lowest BCUT2D eigenvalue weighted by atomic mass is 9.80. The van der Waals surface area contributed by atoms with Gasteiger partial charge in [0.25, 0.3) is 16.0 Å². The van der Waals surface area contributed by atoms with Gasteiger partial charge in [0.2, 0.25) is 0 Å². The molecule has 3 aromatic carbocycles. The number of hydrogen-bond donors (Lipinski definition) is 2. The highest BCUT2D eigenvalue weighted by molar-refractivity contribution is 9.10. The number of carbonyl (C=O) groups is 1. The number of carbonyl (C=O) groups excluding carboxylic acids is 1. The Morgan fingerprint density at radius 1 is 1.02 bits per heavy atom. The predicted molar refractivity (Wildman–Crippen MR) is 160 cm³/mol. The van der Waals surface area contributed by atoms with Crippen LogP contribution in [0.4, 0.5) is 0 Å². The number of nitrogens with zero attached hydrogens (tertiary/aromatic N) is 1. The number of hydrogen-bond acceptors (Lipinski definition) is 5. The van der Waals surface area contributed by atoms with Crippen LogP contribution in [0.15, 0.2) is 87.9 Å². The molecule has 4 aromatic rings. The molecule has 7 nitrogen and oxygen atoms in total. The van der Waals surface area contributed by atoms with Crippen molar-refractivity contribution in [3.63, 3.8) is 0 Å². The Kier molecular flexibility index (Phi) is 9.28. The van der Waals surface area contributed by atoms with Crippen molar-refractivity contribution in [2.45, 2.75) is 44.9 Å². The van der Waals surface area contributed by atoms with Crippen LogP contribution in [0, 0.1) is 0 Å². The van der Waals surface area contributed by atoms with Gasteiger partial charge in [0.15, 0.2) is 5.76 Å². The summed E-state index contributed by atoms with van der Waals surface area (Å²) in [6.07, 6.45) is 1.67. The van der Waals surface area contributed by atoms with Crippen molar-refractivity contribution in [3.8, 4) is 11.3 Å². The van der Waals surface area contributed by atoms with E-state index < -0.39 is 21.8 Å². The van der Waals surface area contributed by atoms with Crippen molar-refractivity contribution in [2.75, 3.05) is 12.3 Å². The van der Waals surface area contributed by atoms with E-state index in [1.165, 1.54) is 5.56 Å². The normalized spacial score (nSPS) is 12.7. The summed E-state index contributed by atoms with van der Waals surface area (Å²) in [7, 11) is -4.14. The lowest BCUT2D eigenvalue weighted by Crippen LogP contribution is -2.28. The molecule has 0 aliphatic carbocycles. The largest absolute Gasteiger partial charge is 0.356 e. The van der Waals surface area contributed by atoms with Crippen LogP contribution in [-0.4, -0.2) is 36.3 Å². The molecule has 0 spiro atoms. The van der Waals surface area contributed by atoms with E-state index in [1.807, 2.05) is 42.5 Å². The van der Waals surface area contributed by atoms with Crippen molar-refractivity contribution in [2.24, 2.45) is 0 Å². The van der Waals surface area contributed by atoms with Gasteiger partial charge in [0.05, 0.1) is 11.4 Å². The van der Waals surface area contributed by atoms with E-state index in [2.05, 4.69) is 71.4 Å². The van der Waals surface area contributed by atoms with Gasteiger partial charge in [0, 0.05) is 34.1 Å². The molecular weight excluding hydrogens is 592 g/mol. The second-order valence-corrected chi connectivity index (χ2v) is 13.0. The summed E-state index contributed by atoms with van der Waals surface area (Å²) in [6, 6.07) is 25.7. The highest BCUT2D eigenvalue weighted by atomic mass is 79.9. The van der Waals surface area contributed by atoms with E-state index in [9.17, 15) is 13.2 Å². The predicted octanol–water partition coefficient (Wildman–Crippen LogP) is 6.78. The van der Waals surface area contributed by atoms with Crippen molar-refractivity contribution in [3.05, 3.63) is 111 Å². The van der Waals surface area contributed by atoms with Crippen LogP contribution in [-0.2, 0) is 22.0 Å². The zero-order chi connectivity index (χ0) is 28.9. The van der Waals surface area contributed by atoms with Crippen LogP contribution in [0.1, 0.15) is 65.9 Å². The third-order valence-electron chi connectivity index (χ3n) is 7.29. The molecule has 4 rings (SSSR count). The molecule has 0 radical (unpaired) electrons. The fourth-order valence-electron chi connectivity index (χ4n) is 4.39. The van der Waals surface area contributed by atoms with E-state index in [0.29, 0.717) is 17.7 Å². The van der Waals surface area contributed by atoms with E-state index >= 15 is 0 Å². The third-order valence-corrected chi connectivity index (χ3v) is 8.54. The molecule has 0 bridgehead atoms. The zero-order valence-corrected chi connectivity index (χ0v) is 25.1. The smallest absolute Gasteiger partial charge is 0.266 e. The summed E-state index contributed by atoms with van der Waals surface area (Å²) in [4.78, 5) is 12.4. The van der Waals surface area contributed by atoms with Crippen LogP contribution >= 0.6 is 15.9 Å². The minimum absolute atomic E-state index is 0.0778. The first-order valence-electron chi connectivity index (χ1n) is 13.1. The van der Waals surface area contributed by atoms with Gasteiger partial charge >= 0.3 is 0 Å². The molecule has 0 fully saturated rings. The van der Waals surface area contributed by atoms with Crippen molar-refractivity contribution in [1.29, 1.82) is 0 Å². The summed E-state index contributed by atoms with van der Waals surface area (Å²) >= 11 is 3.47. The van der Waals surface area contributed by atoms with Crippen LogP contribution in [0.2, 0.25) is 0 Å². The minimum Gasteiger partial charge on any atom is -0.356 e. The molecule has 210 valence electrons. The Balaban J connectivity index is 1.59. The fourth-order valence-corrected chi connectivity index (χ4v) is 5.02. The summed E-state index contributed by atoms with van der Waals surface area (Å²) in [6.45, 7) is 6.50. The summed E-state index contributed by atoms with van der Waals surface area (Å²) < 4.78 is 37.4. The van der Waals surface area contributed by atoms with E-state index in [1.54, 1.807) is 12.1 Å². The second kappa shape index (κ2) is 12.5. The molecule has 1 aromatic heterocycles. The average Bonchev–Trinajstić information content (AvgIpc) is 3.42. The van der Waals surface area contributed by atoms with Gasteiger partial charge in [0.1, 0.15) is 0 Å². The van der Waals surface area contributed by atoms with Gasteiger partial charge in [-0.05, 0) is 59.2 Å². The number of benzene rings is 3. The molecule has 2 N–H and O–H groups in total. The first-order valence-corrected chi connectivity index (χ1v) is 15.5. The van der Waals surface area contributed by atoms with E-state index in [0.717, 1.165) is 33.3 Å². The average molecular weight is 626 g/mol. The van der Waals surface area contributed by atoms with Crippen LogP contribution in [0.25, 0.3) is 11.3 Å². The zero-order valence-electron chi connectivity index (χ0n) is 22.7. The molecular formula is C31H33BrN2O5S. The van der Waals surface area contributed by atoms with Gasteiger partial charge in [-0.3, -0.25) is 9.35 Å². The maximum atomic E-state index is 12.4. The maximum absolute atomic E-state index is 12.4. The van der Waals surface area contributed by atoms with Crippen LogP contribution in [0.3, 0.4) is 0 Å². The number of aromatic nitrogens is 1. The fraction of sp³-hybridized carbons (Fsp3) is 0.290. The van der Waals surface area contributed by atoms with Gasteiger partial charge in [-0.15, -0.1) is 0 Å². The SMILES string of the molecule is CCC(C)(C)c1ccc(C(Cc2ccc(C(=O)NCCS(=O)(=O)O)cc2)c2cc(-c3ccc(Br)cc3)on2)cc1. The maximum Gasteiger partial charge on any atom is 0.266 e. The standard InChI is InChI=1S/C31H33BrN2O5S/c1-4-31(2,3)25-13-9-22(10-14-25)27(28-20-29(39-34-28)23-11-15-26(32)16-12-23)19-21-5-7-24(8-6-21)30(35)33-17-18-40(36,37)38/h5-16,20,27H,4,17-19H2,1-3H3,(H,33,35)(H,36,37,38). The monoisotopic (exact) mass is 624 g/mol. The molecule has 1 unspecified atom stereocenters. The summed E-state index contributed by atoms with van der Waals surface area (Å²) in [5.74, 6) is -0.335. The molecule has 0 saturated carbocycles. The Hall–Kier alpha value is -3.27. The van der Waals surface area contributed by atoms with Gasteiger partial charge in [-0.2, -0.15) is 8.42 Å². The number of rotatable bonds is 11. The molecule has 0 saturated heterocycles. The minimum atomic E-state index is -4.14. The highest BCUT2D eigenvalue weighted by Crippen LogP contribution is 2.34. The third kappa shape index (κ3) is 7.68. The summed E-state index contributed by atoms with van der Waals surface area (Å²) in [5.41, 5.74) is 5.62. The summed E-state index contributed by atoms with van der Waals surface area (Å²) in [5, 5.41) is 6.96. The molecule has 0 aliphatic heterocycles. The lowest BCUT2D eigenvalue weighted by molar-refractivity contribution is 0.0956. The first-order chi connectivity index (χ1) is 18.9. The molecule has 40 heavy (non-hydrogen) atoms. The Bertz CT molecular complexity index is 1540. The lowest BCUT2D eigenvalue weighted by Gasteiger charge is -2.24. The molecule has 9 heteroatoms. The molecule has 1 atom stereocenters. The molecule has 1 amide bonds. The van der Waals surface area contributed by atoms with E-state index in [-0.39, 0.29) is 17.9 Å². The first kappa shape index (κ1) is 29.7.